The van der Waals surface area contributed by atoms with E-state index in [1.165, 1.54) is 40.7 Å². The Morgan fingerprint density at radius 1 is 1.26 bits per heavy atom. The van der Waals surface area contributed by atoms with Crippen molar-refractivity contribution in [1.29, 1.82) is 0 Å². The number of hydrogen-bond acceptors (Lipinski definition) is 9. The predicted molar refractivity (Wildman–Crippen MR) is 89.7 cm³/mol. The summed E-state index contributed by atoms with van der Waals surface area (Å²) in [5, 5.41) is 8.44. The van der Waals surface area contributed by atoms with Crippen molar-refractivity contribution in [2.45, 2.75) is 20.0 Å². The van der Waals surface area contributed by atoms with E-state index < -0.39 is 15.7 Å². The second-order valence-corrected chi connectivity index (χ2v) is 10.2. The number of aromatic nitrogens is 3. The van der Waals surface area contributed by atoms with Gasteiger partial charge in [-0.1, -0.05) is 11.3 Å². The molecule has 0 spiro atoms. The van der Waals surface area contributed by atoms with E-state index in [0.29, 0.717) is 9.35 Å². The van der Waals surface area contributed by atoms with Gasteiger partial charge in [-0.15, -0.1) is 21.5 Å². The van der Waals surface area contributed by atoms with Gasteiger partial charge in [0.2, 0.25) is 5.91 Å². The maximum absolute atomic E-state index is 11.6. The first-order valence-electron chi connectivity index (χ1n) is 6.20. The average molecular weight is 387 g/mol. The lowest BCUT2D eigenvalue weighted by molar-refractivity contribution is -0.117. The van der Waals surface area contributed by atoms with Crippen molar-refractivity contribution in [2.75, 3.05) is 6.26 Å². The zero-order valence-corrected chi connectivity index (χ0v) is 15.0. The molecule has 1 aromatic carbocycles. The highest BCUT2D eigenvalue weighted by atomic mass is 32.2. The number of amides is 1. The fourth-order valence-corrected chi connectivity index (χ4v) is 5.67. The molecule has 0 aliphatic heterocycles. The molecule has 0 aliphatic carbocycles. The Kier molecular flexibility index (Phi) is 4.36. The Balaban J connectivity index is 1.86. The number of hydrogen-bond donors (Lipinski definition) is 1. The van der Waals surface area contributed by atoms with Crippen molar-refractivity contribution in [1.82, 2.24) is 15.2 Å². The second-order valence-electron chi connectivity index (χ2n) is 4.59. The first-order valence-corrected chi connectivity index (χ1v) is 10.5. The molecule has 0 saturated carbocycles. The lowest BCUT2D eigenvalue weighted by atomic mass is 10.3. The van der Waals surface area contributed by atoms with Crippen LogP contribution in [0.3, 0.4) is 0 Å². The molecule has 2 N–H and O–H groups in total. The van der Waals surface area contributed by atoms with Crippen LogP contribution in [0.4, 0.5) is 0 Å². The Labute approximate surface area is 143 Å². The molecule has 3 aromatic rings. The topological polar surface area (TPSA) is 116 Å². The van der Waals surface area contributed by atoms with Gasteiger partial charge in [0.05, 0.1) is 21.5 Å². The standard InChI is InChI=1S/C12H10N4O3S4/c1-23(18,19)6-2-3-7-8(4-6)20-11(14-7)22-12-16-15-10(21-12)5-9(13)17/h2-4H,5H2,1H3,(H2,13,17). The number of nitrogens with two attached hydrogens (primary N) is 1. The number of primary amides is 1. The van der Waals surface area contributed by atoms with Crippen LogP contribution in [0, 0.1) is 0 Å². The first kappa shape index (κ1) is 16.3. The smallest absolute Gasteiger partial charge is 0.224 e. The molecule has 0 unspecified atom stereocenters. The van der Waals surface area contributed by atoms with Crippen molar-refractivity contribution >= 4 is 60.4 Å². The minimum atomic E-state index is -3.24. The third kappa shape index (κ3) is 3.86. The summed E-state index contributed by atoms with van der Waals surface area (Å²) in [4.78, 5) is 15.6. The molecular weight excluding hydrogens is 376 g/mol. The van der Waals surface area contributed by atoms with E-state index in [0.717, 1.165) is 14.6 Å². The predicted octanol–water partition coefficient (Wildman–Crippen LogP) is 1.73. The summed E-state index contributed by atoms with van der Waals surface area (Å²) in [6.07, 6.45) is 1.24. The van der Waals surface area contributed by atoms with E-state index >= 15 is 0 Å². The summed E-state index contributed by atoms with van der Waals surface area (Å²) in [6, 6.07) is 4.84. The van der Waals surface area contributed by atoms with Crippen molar-refractivity contribution in [3.05, 3.63) is 23.2 Å². The molecule has 7 nitrogen and oxygen atoms in total. The van der Waals surface area contributed by atoms with Gasteiger partial charge in [-0.2, -0.15) is 0 Å². The van der Waals surface area contributed by atoms with E-state index in [-0.39, 0.29) is 11.3 Å². The molecule has 120 valence electrons. The molecule has 11 heteroatoms. The monoisotopic (exact) mass is 386 g/mol. The van der Waals surface area contributed by atoms with Gasteiger partial charge in [-0.3, -0.25) is 4.79 Å². The quantitative estimate of drug-likeness (QED) is 0.710. The van der Waals surface area contributed by atoms with E-state index in [1.807, 2.05) is 0 Å². The number of thiazole rings is 1. The fourth-order valence-electron chi connectivity index (χ4n) is 1.73. The SMILES string of the molecule is CS(=O)(=O)c1ccc2nc(Sc3nnc(CC(N)=O)s3)sc2c1. The zero-order valence-electron chi connectivity index (χ0n) is 11.7. The highest BCUT2D eigenvalue weighted by Crippen LogP contribution is 2.36. The number of sulfone groups is 1. The summed E-state index contributed by atoms with van der Waals surface area (Å²) < 4.78 is 25.4. The van der Waals surface area contributed by atoms with Crippen molar-refractivity contribution < 1.29 is 13.2 Å². The summed E-state index contributed by atoms with van der Waals surface area (Å²) in [7, 11) is -3.24. The van der Waals surface area contributed by atoms with Crippen molar-refractivity contribution in [3.63, 3.8) is 0 Å². The van der Waals surface area contributed by atoms with Gasteiger partial charge in [-0.05, 0) is 30.0 Å². The second kappa shape index (κ2) is 6.15. The lowest BCUT2D eigenvalue weighted by Gasteiger charge is -1.96. The summed E-state index contributed by atoms with van der Waals surface area (Å²) in [5.74, 6) is -0.453. The van der Waals surface area contributed by atoms with Crippen LogP contribution in [0.5, 0.6) is 0 Å². The number of carbonyl (C=O) groups excluding carboxylic acids is 1. The summed E-state index contributed by atoms with van der Waals surface area (Å²) >= 11 is 3.99. The van der Waals surface area contributed by atoms with Gasteiger partial charge < -0.3 is 5.73 Å². The molecule has 0 saturated heterocycles. The Hall–Kier alpha value is -1.56. The molecule has 3 rings (SSSR count). The van der Waals surface area contributed by atoms with Gasteiger partial charge in [0.15, 0.2) is 18.5 Å². The fraction of sp³-hybridized carbons (Fsp3) is 0.167. The number of fused-ring (bicyclic) bond motifs is 1. The normalized spacial score (nSPS) is 11.9. The number of rotatable bonds is 5. The third-order valence-electron chi connectivity index (χ3n) is 2.72. The number of nitrogens with zero attached hydrogens (tertiary/aromatic N) is 3. The van der Waals surface area contributed by atoms with Gasteiger partial charge in [0, 0.05) is 6.26 Å². The van der Waals surface area contributed by atoms with Crippen LogP contribution in [0.25, 0.3) is 10.2 Å². The third-order valence-corrected chi connectivity index (χ3v) is 6.88. The molecule has 2 heterocycles. The molecule has 0 bridgehead atoms. The van der Waals surface area contributed by atoms with Crippen LogP contribution in [-0.4, -0.2) is 35.8 Å². The molecule has 0 aliphatic rings. The van der Waals surface area contributed by atoms with Crippen LogP contribution in [0.15, 0.2) is 31.8 Å². The van der Waals surface area contributed by atoms with Gasteiger partial charge in [0.1, 0.15) is 5.01 Å². The van der Waals surface area contributed by atoms with Crippen LogP contribution < -0.4 is 5.73 Å². The average Bonchev–Trinajstić information content (AvgIpc) is 3.02. The maximum Gasteiger partial charge on any atom is 0.224 e. The molecule has 23 heavy (non-hydrogen) atoms. The Morgan fingerprint density at radius 2 is 2.04 bits per heavy atom. The first-order chi connectivity index (χ1) is 10.8. The van der Waals surface area contributed by atoms with Crippen LogP contribution >= 0.6 is 34.4 Å². The van der Waals surface area contributed by atoms with Crippen molar-refractivity contribution in [3.8, 4) is 0 Å². The maximum atomic E-state index is 11.6. The van der Waals surface area contributed by atoms with Crippen LogP contribution in [0.2, 0.25) is 0 Å². The van der Waals surface area contributed by atoms with Crippen LogP contribution in [0.1, 0.15) is 5.01 Å². The molecular formula is C12H10N4O3S4. The van der Waals surface area contributed by atoms with E-state index in [4.69, 9.17) is 5.73 Å². The molecule has 0 atom stereocenters. The summed E-state index contributed by atoms with van der Waals surface area (Å²) in [5.41, 5.74) is 5.85. The van der Waals surface area contributed by atoms with Crippen molar-refractivity contribution in [2.24, 2.45) is 5.73 Å². The van der Waals surface area contributed by atoms with E-state index in [2.05, 4.69) is 15.2 Å². The van der Waals surface area contributed by atoms with E-state index in [9.17, 15) is 13.2 Å². The minimum Gasteiger partial charge on any atom is -0.369 e. The van der Waals surface area contributed by atoms with Gasteiger partial charge in [0.25, 0.3) is 0 Å². The highest BCUT2D eigenvalue weighted by molar-refractivity contribution is 8.02. The van der Waals surface area contributed by atoms with E-state index in [1.54, 1.807) is 18.2 Å². The zero-order chi connectivity index (χ0) is 16.6. The molecule has 0 fully saturated rings. The highest BCUT2D eigenvalue weighted by Gasteiger charge is 2.13. The van der Waals surface area contributed by atoms with Gasteiger partial charge >= 0.3 is 0 Å². The molecule has 0 radical (unpaired) electrons. The number of carbonyl (C=O) groups is 1. The Bertz CT molecular complexity index is 993. The molecule has 1 amide bonds. The van der Waals surface area contributed by atoms with Gasteiger partial charge in [-0.25, -0.2) is 13.4 Å². The van der Waals surface area contributed by atoms with Crippen LogP contribution in [-0.2, 0) is 21.1 Å². The largest absolute Gasteiger partial charge is 0.369 e. The lowest BCUT2D eigenvalue weighted by Crippen LogP contribution is -2.13. The summed E-state index contributed by atoms with van der Waals surface area (Å²) in [6.45, 7) is 0. The number of benzene rings is 1. The molecule has 2 aromatic heterocycles. The Morgan fingerprint density at radius 3 is 2.74 bits per heavy atom. The minimum absolute atomic E-state index is 0.0653.